The van der Waals surface area contributed by atoms with E-state index in [4.69, 9.17) is 0 Å². The van der Waals surface area contributed by atoms with E-state index in [9.17, 15) is 18.8 Å². The zero-order chi connectivity index (χ0) is 15.4. The van der Waals surface area contributed by atoms with Crippen molar-refractivity contribution >= 4 is 17.7 Å². The summed E-state index contributed by atoms with van der Waals surface area (Å²) in [7, 11) is 0. The summed E-state index contributed by atoms with van der Waals surface area (Å²) in [5.74, 6) is -1.50. The van der Waals surface area contributed by atoms with Gasteiger partial charge in [-0.2, -0.15) is 0 Å². The summed E-state index contributed by atoms with van der Waals surface area (Å²) in [6.07, 6.45) is 0.631. The molecule has 1 aliphatic heterocycles. The van der Waals surface area contributed by atoms with Gasteiger partial charge in [-0.1, -0.05) is 25.1 Å². The SMILES string of the molecule is CCC(C(=O)NCc1ccccc1F)N1C(=O)CCC1=O. The van der Waals surface area contributed by atoms with Crippen LogP contribution in [0.4, 0.5) is 4.39 Å². The lowest BCUT2D eigenvalue weighted by Gasteiger charge is -2.24. The van der Waals surface area contributed by atoms with Crippen molar-refractivity contribution in [1.29, 1.82) is 0 Å². The van der Waals surface area contributed by atoms with Crippen LogP contribution in [0.5, 0.6) is 0 Å². The van der Waals surface area contributed by atoms with Crippen LogP contribution in [0.2, 0.25) is 0 Å². The maximum Gasteiger partial charge on any atom is 0.243 e. The molecule has 0 aliphatic carbocycles. The molecule has 2 rings (SSSR count). The number of hydrogen-bond donors (Lipinski definition) is 1. The summed E-state index contributed by atoms with van der Waals surface area (Å²) in [5, 5.41) is 2.58. The van der Waals surface area contributed by atoms with Crippen molar-refractivity contribution in [2.75, 3.05) is 0 Å². The van der Waals surface area contributed by atoms with Crippen molar-refractivity contribution in [3.05, 3.63) is 35.6 Å². The number of halogens is 1. The molecule has 1 heterocycles. The van der Waals surface area contributed by atoms with Gasteiger partial charge in [0.1, 0.15) is 11.9 Å². The van der Waals surface area contributed by atoms with Crippen LogP contribution < -0.4 is 5.32 Å². The molecule has 0 saturated carbocycles. The average molecular weight is 292 g/mol. The van der Waals surface area contributed by atoms with Crippen LogP contribution in [0.25, 0.3) is 0 Å². The Balaban J connectivity index is 2.02. The maximum absolute atomic E-state index is 13.5. The van der Waals surface area contributed by atoms with Gasteiger partial charge >= 0.3 is 0 Å². The lowest BCUT2D eigenvalue weighted by atomic mass is 10.1. The number of benzene rings is 1. The molecular formula is C15H17FN2O3. The molecule has 5 nitrogen and oxygen atoms in total. The number of likely N-dealkylation sites (tertiary alicyclic amines) is 1. The molecule has 1 aromatic rings. The number of rotatable bonds is 5. The molecule has 0 bridgehead atoms. The van der Waals surface area contributed by atoms with Crippen LogP contribution in [0, 0.1) is 5.82 Å². The fourth-order valence-corrected chi connectivity index (χ4v) is 2.37. The van der Waals surface area contributed by atoms with Gasteiger partial charge in [0.25, 0.3) is 0 Å². The first-order chi connectivity index (χ1) is 10.0. The number of nitrogens with zero attached hydrogens (tertiary/aromatic N) is 1. The van der Waals surface area contributed by atoms with Gasteiger partial charge in [-0.05, 0) is 12.5 Å². The molecule has 6 heteroatoms. The molecule has 3 amide bonds. The normalized spacial score (nSPS) is 16.2. The van der Waals surface area contributed by atoms with E-state index in [0.29, 0.717) is 12.0 Å². The lowest BCUT2D eigenvalue weighted by Crippen LogP contribution is -2.48. The first-order valence-electron chi connectivity index (χ1n) is 6.90. The molecule has 1 unspecified atom stereocenters. The van der Waals surface area contributed by atoms with Crippen LogP contribution in [0.3, 0.4) is 0 Å². The van der Waals surface area contributed by atoms with Gasteiger partial charge in [-0.25, -0.2) is 4.39 Å². The van der Waals surface area contributed by atoms with E-state index in [-0.39, 0.29) is 31.2 Å². The smallest absolute Gasteiger partial charge is 0.243 e. The van der Waals surface area contributed by atoms with Crippen molar-refractivity contribution in [3.8, 4) is 0 Å². The summed E-state index contributed by atoms with van der Waals surface area (Å²) in [5.41, 5.74) is 0.361. The number of imide groups is 1. The van der Waals surface area contributed by atoms with Crippen LogP contribution in [-0.2, 0) is 20.9 Å². The monoisotopic (exact) mass is 292 g/mol. The molecule has 1 fully saturated rings. The molecule has 21 heavy (non-hydrogen) atoms. The predicted molar refractivity (Wildman–Crippen MR) is 73.4 cm³/mol. The van der Waals surface area contributed by atoms with Crippen molar-refractivity contribution < 1.29 is 18.8 Å². The highest BCUT2D eigenvalue weighted by Gasteiger charge is 2.37. The average Bonchev–Trinajstić information content (AvgIpc) is 2.79. The molecule has 1 aromatic carbocycles. The Labute approximate surface area is 122 Å². The Kier molecular flexibility index (Phi) is 4.67. The topological polar surface area (TPSA) is 66.5 Å². The van der Waals surface area contributed by atoms with E-state index in [2.05, 4.69) is 5.32 Å². The van der Waals surface area contributed by atoms with Gasteiger partial charge in [0.15, 0.2) is 0 Å². The Hall–Kier alpha value is -2.24. The molecule has 1 atom stereocenters. The first kappa shape index (κ1) is 15.2. The summed E-state index contributed by atoms with van der Waals surface area (Å²) in [6, 6.07) is 5.31. The number of amides is 3. The van der Waals surface area contributed by atoms with E-state index < -0.39 is 17.8 Å². The zero-order valence-corrected chi connectivity index (χ0v) is 11.8. The molecule has 1 saturated heterocycles. The predicted octanol–water partition coefficient (Wildman–Crippen LogP) is 1.37. The third-order valence-electron chi connectivity index (χ3n) is 3.50. The Morgan fingerprint density at radius 1 is 1.29 bits per heavy atom. The third kappa shape index (κ3) is 3.26. The van der Waals surface area contributed by atoms with Crippen molar-refractivity contribution in [2.24, 2.45) is 0 Å². The number of hydrogen-bond acceptors (Lipinski definition) is 3. The minimum atomic E-state index is -0.820. The highest BCUT2D eigenvalue weighted by molar-refractivity contribution is 6.05. The van der Waals surface area contributed by atoms with E-state index in [1.807, 2.05) is 0 Å². The van der Waals surface area contributed by atoms with Gasteiger partial charge in [-0.3, -0.25) is 19.3 Å². The summed E-state index contributed by atoms with van der Waals surface area (Å²) in [6.45, 7) is 1.75. The Bertz CT molecular complexity index is 558. The standard InChI is InChI=1S/C15H17FN2O3/c1-2-12(18-13(19)7-8-14(18)20)15(21)17-9-10-5-3-4-6-11(10)16/h3-6,12H,2,7-9H2,1H3,(H,17,21). The maximum atomic E-state index is 13.5. The molecule has 1 aliphatic rings. The quantitative estimate of drug-likeness (QED) is 0.834. The van der Waals surface area contributed by atoms with E-state index in [1.165, 1.54) is 6.07 Å². The number of carbonyl (C=O) groups excluding carboxylic acids is 3. The van der Waals surface area contributed by atoms with Gasteiger partial charge in [0, 0.05) is 24.9 Å². The minimum absolute atomic E-state index is 0.0260. The Morgan fingerprint density at radius 3 is 2.48 bits per heavy atom. The van der Waals surface area contributed by atoms with Crippen LogP contribution >= 0.6 is 0 Å². The zero-order valence-electron chi connectivity index (χ0n) is 11.8. The summed E-state index contributed by atoms with van der Waals surface area (Å²) in [4.78, 5) is 36.5. The molecular weight excluding hydrogens is 275 g/mol. The second kappa shape index (κ2) is 6.47. The highest BCUT2D eigenvalue weighted by Crippen LogP contribution is 2.17. The van der Waals surface area contributed by atoms with Gasteiger partial charge < -0.3 is 5.32 Å². The minimum Gasteiger partial charge on any atom is -0.350 e. The van der Waals surface area contributed by atoms with E-state index in [1.54, 1.807) is 25.1 Å². The fraction of sp³-hybridized carbons (Fsp3) is 0.400. The van der Waals surface area contributed by atoms with Crippen molar-refractivity contribution in [1.82, 2.24) is 10.2 Å². The number of carbonyl (C=O) groups is 3. The Morgan fingerprint density at radius 2 is 1.90 bits per heavy atom. The summed E-state index contributed by atoms with van der Waals surface area (Å²) >= 11 is 0. The van der Waals surface area contributed by atoms with Crippen LogP contribution in [0.1, 0.15) is 31.7 Å². The van der Waals surface area contributed by atoms with Crippen LogP contribution in [-0.4, -0.2) is 28.7 Å². The first-order valence-corrected chi connectivity index (χ1v) is 6.90. The third-order valence-corrected chi connectivity index (χ3v) is 3.50. The van der Waals surface area contributed by atoms with Crippen molar-refractivity contribution in [2.45, 2.75) is 38.8 Å². The molecule has 1 N–H and O–H groups in total. The molecule has 0 aromatic heterocycles. The van der Waals surface area contributed by atoms with E-state index in [0.717, 1.165) is 4.90 Å². The summed E-state index contributed by atoms with van der Waals surface area (Å²) < 4.78 is 13.5. The molecule has 0 radical (unpaired) electrons. The van der Waals surface area contributed by atoms with Gasteiger partial charge in [0.2, 0.25) is 17.7 Å². The lowest BCUT2D eigenvalue weighted by molar-refractivity contribution is -0.146. The molecule has 0 spiro atoms. The van der Waals surface area contributed by atoms with Crippen molar-refractivity contribution in [3.63, 3.8) is 0 Å². The fourth-order valence-electron chi connectivity index (χ4n) is 2.37. The molecule has 112 valence electrons. The second-order valence-corrected chi connectivity index (χ2v) is 4.89. The van der Waals surface area contributed by atoms with E-state index >= 15 is 0 Å². The van der Waals surface area contributed by atoms with Gasteiger partial charge in [0.05, 0.1) is 0 Å². The number of nitrogens with one attached hydrogen (secondary N) is 1. The van der Waals surface area contributed by atoms with Gasteiger partial charge in [-0.15, -0.1) is 0 Å². The largest absolute Gasteiger partial charge is 0.350 e. The highest BCUT2D eigenvalue weighted by atomic mass is 19.1. The second-order valence-electron chi connectivity index (χ2n) is 4.89. The van der Waals surface area contributed by atoms with Crippen LogP contribution in [0.15, 0.2) is 24.3 Å².